The van der Waals surface area contributed by atoms with Crippen molar-refractivity contribution in [3.63, 3.8) is 0 Å². The fraction of sp³-hybridized carbons (Fsp3) is 0.160. The summed E-state index contributed by atoms with van der Waals surface area (Å²) in [5.41, 5.74) is 3.81. The molecule has 1 heterocycles. The van der Waals surface area contributed by atoms with Crippen LogP contribution in [-0.4, -0.2) is 19.9 Å². The first-order valence-corrected chi connectivity index (χ1v) is 9.74. The summed E-state index contributed by atoms with van der Waals surface area (Å²) in [7, 11) is 3.30. The topological polar surface area (TPSA) is 34.1 Å². The predicted molar refractivity (Wildman–Crippen MR) is 119 cm³/mol. The molecule has 4 rings (SSSR count). The first-order valence-electron chi connectivity index (χ1n) is 9.74. The van der Waals surface area contributed by atoms with Gasteiger partial charge in [0.1, 0.15) is 17.3 Å². The molecular weight excluding hydrogens is 379 g/mol. The molecule has 3 aromatic rings. The van der Waals surface area contributed by atoms with E-state index in [1.807, 2.05) is 71.8 Å². The van der Waals surface area contributed by atoms with Crippen molar-refractivity contribution < 1.29 is 13.9 Å². The highest BCUT2D eigenvalue weighted by molar-refractivity contribution is 6.01. The summed E-state index contributed by atoms with van der Waals surface area (Å²) in [6.45, 7) is 0. The van der Waals surface area contributed by atoms with Crippen molar-refractivity contribution in [1.82, 2.24) is 0 Å². The van der Waals surface area contributed by atoms with Crippen LogP contribution in [0.1, 0.15) is 23.6 Å². The molecule has 3 aromatic carbocycles. The summed E-state index contributed by atoms with van der Waals surface area (Å²) >= 11 is 0. The number of anilines is 1. The highest BCUT2D eigenvalue weighted by atomic mass is 19.1. The lowest BCUT2D eigenvalue weighted by Crippen LogP contribution is -2.18. The van der Waals surface area contributed by atoms with Crippen molar-refractivity contribution in [2.45, 2.75) is 12.5 Å². The molecule has 30 heavy (non-hydrogen) atoms. The van der Waals surface area contributed by atoms with Crippen LogP contribution in [0, 0.1) is 5.82 Å². The molecule has 0 aromatic heterocycles. The van der Waals surface area contributed by atoms with E-state index in [1.54, 1.807) is 20.3 Å². The van der Waals surface area contributed by atoms with Gasteiger partial charge in [0.25, 0.3) is 0 Å². The van der Waals surface area contributed by atoms with Crippen molar-refractivity contribution in [2.24, 2.45) is 5.10 Å². The van der Waals surface area contributed by atoms with E-state index in [4.69, 9.17) is 14.6 Å². The van der Waals surface area contributed by atoms with E-state index in [0.29, 0.717) is 0 Å². The van der Waals surface area contributed by atoms with Gasteiger partial charge in [0, 0.05) is 6.42 Å². The van der Waals surface area contributed by atoms with Crippen molar-refractivity contribution in [3.05, 3.63) is 95.8 Å². The second-order valence-corrected chi connectivity index (χ2v) is 7.02. The Balaban J connectivity index is 1.62. The monoisotopic (exact) mass is 402 g/mol. The van der Waals surface area contributed by atoms with Gasteiger partial charge in [-0.3, -0.25) is 5.01 Å². The molecule has 0 radical (unpaired) electrons. The molecular formula is C25H23FN2O2. The van der Waals surface area contributed by atoms with Crippen LogP contribution in [0.25, 0.3) is 6.08 Å². The second-order valence-electron chi connectivity index (χ2n) is 7.02. The van der Waals surface area contributed by atoms with Gasteiger partial charge in [0.05, 0.1) is 31.7 Å². The smallest absolute Gasteiger partial charge is 0.125 e. The Hall–Kier alpha value is -3.60. The van der Waals surface area contributed by atoms with Gasteiger partial charge in [-0.25, -0.2) is 4.39 Å². The maximum atomic E-state index is 13.9. The molecule has 0 saturated carbocycles. The number of hydrogen-bond acceptors (Lipinski definition) is 4. The molecule has 0 spiro atoms. The fourth-order valence-corrected chi connectivity index (χ4v) is 3.48. The average Bonchev–Trinajstić information content (AvgIpc) is 3.22. The number of halogens is 1. The van der Waals surface area contributed by atoms with E-state index in [9.17, 15) is 4.39 Å². The summed E-state index contributed by atoms with van der Waals surface area (Å²) in [5, 5.41) is 6.68. The number of rotatable bonds is 6. The van der Waals surface area contributed by atoms with Crippen molar-refractivity contribution in [3.8, 4) is 11.5 Å². The van der Waals surface area contributed by atoms with E-state index in [2.05, 4.69) is 0 Å². The lowest BCUT2D eigenvalue weighted by Gasteiger charge is -2.24. The quantitative estimate of drug-likeness (QED) is 0.518. The Bertz CT molecular complexity index is 1060. The molecule has 4 nitrogen and oxygen atoms in total. The van der Waals surface area contributed by atoms with Crippen molar-refractivity contribution in [2.75, 3.05) is 19.2 Å². The largest absolute Gasteiger partial charge is 0.497 e. The molecule has 0 saturated heterocycles. The molecule has 0 aliphatic carbocycles. The maximum absolute atomic E-state index is 13.9. The summed E-state index contributed by atoms with van der Waals surface area (Å²) in [6.07, 6.45) is 4.76. The molecule has 0 amide bonds. The van der Waals surface area contributed by atoms with Crippen LogP contribution >= 0.6 is 0 Å². The number of benzene rings is 3. The van der Waals surface area contributed by atoms with Crippen LogP contribution in [0.15, 0.2) is 84.0 Å². The van der Waals surface area contributed by atoms with E-state index in [0.717, 1.165) is 40.4 Å². The number of ether oxygens (including phenoxy) is 2. The van der Waals surface area contributed by atoms with Crippen molar-refractivity contribution in [1.29, 1.82) is 0 Å². The molecule has 0 bridgehead atoms. The first-order chi connectivity index (χ1) is 14.7. The van der Waals surface area contributed by atoms with E-state index >= 15 is 0 Å². The third kappa shape index (κ3) is 4.35. The second kappa shape index (κ2) is 8.82. The van der Waals surface area contributed by atoms with Gasteiger partial charge in [-0.05, 0) is 59.7 Å². The van der Waals surface area contributed by atoms with Crippen LogP contribution in [0.2, 0.25) is 0 Å². The molecule has 152 valence electrons. The number of methoxy groups -OCH3 is 2. The maximum Gasteiger partial charge on any atom is 0.125 e. The van der Waals surface area contributed by atoms with Crippen LogP contribution in [0.5, 0.6) is 11.5 Å². The number of allylic oxidation sites excluding steroid dienone is 1. The van der Waals surface area contributed by atoms with Gasteiger partial charge < -0.3 is 9.47 Å². The van der Waals surface area contributed by atoms with E-state index < -0.39 is 0 Å². The van der Waals surface area contributed by atoms with Gasteiger partial charge in [0.2, 0.25) is 0 Å². The molecule has 5 heteroatoms. The van der Waals surface area contributed by atoms with Gasteiger partial charge in [-0.15, -0.1) is 0 Å². The molecule has 1 aliphatic rings. The lowest BCUT2D eigenvalue weighted by molar-refractivity contribution is 0.414. The minimum Gasteiger partial charge on any atom is -0.497 e. The third-order valence-electron chi connectivity index (χ3n) is 5.09. The summed E-state index contributed by atoms with van der Waals surface area (Å²) in [6, 6.07) is 22.3. The molecule has 0 fully saturated rings. The first kappa shape index (κ1) is 19.7. The minimum absolute atomic E-state index is 0.0202. The summed E-state index contributed by atoms with van der Waals surface area (Å²) in [5.74, 6) is 1.34. The normalized spacial score (nSPS) is 16.0. The number of hydrazone groups is 1. The van der Waals surface area contributed by atoms with Gasteiger partial charge in [-0.1, -0.05) is 36.4 Å². The number of hydrogen-bond donors (Lipinski definition) is 0. The zero-order valence-corrected chi connectivity index (χ0v) is 17.0. The predicted octanol–water partition coefficient (Wildman–Crippen LogP) is 5.86. The molecule has 1 aliphatic heterocycles. The van der Waals surface area contributed by atoms with E-state index in [1.165, 1.54) is 12.1 Å². The van der Waals surface area contributed by atoms with Crippen LogP contribution in [-0.2, 0) is 0 Å². The molecule has 1 atom stereocenters. The highest BCUT2D eigenvalue weighted by Crippen LogP contribution is 2.36. The zero-order valence-electron chi connectivity index (χ0n) is 17.0. The summed E-state index contributed by atoms with van der Waals surface area (Å²) in [4.78, 5) is 0. The Labute approximate surface area is 175 Å². The molecule has 0 unspecified atom stereocenters. The third-order valence-corrected chi connectivity index (χ3v) is 5.09. The fourth-order valence-electron chi connectivity index (χ4n) is 3.48. The van der Waals surface area contributed by atoms with Gasteiger partial charge >= 0.3 is 0 Å². The molecule has 0 N–H and O–H groups in total. The van der Waals surface area contributed by atoms with Crippen LogP contribution in [0.3, 0.4) is 0 Å². The number of nitrogens with zero attached hydrogens (tertiary/aromatic N) is 2. The Kier molecular flexibility index (Phi) is 5.80. The lowest BCUT2D eigenvalue weighted by atomic mass is 10.0. The average molecular weight is 402 g/mol. The van der Waals surface area contributed by atoms with Crippen LogP contribution < -0.4 is 14.5 Å². The SMILES string of the molecule is COc1ccc(/C=C/C2=NN(c3cccc(F)c3)[C@@H](c3ccc(OC)cc3)C2)cc1. The van der Waals surface area contributed by atoms with Gasteiger partial charge in [-0.2, -0.15) is 5.10 Å². The van der Waals surface area contributed by atoms with Crippen LogP contribution in [0.4, 0.5) is 10.1 Å². The highest BCUT2D eigenvalue weighted by Gasteiger charge is 2.28. The Morgan fingerprint density at radius 3 is 2.20 bits per heavy atom. The minimum atomic E-state index is -0.279. The zero-order chi connectivity index (χ0) is 20.9. The van der Waals surface area contributed by atoms with Gasteiger partial charge in [0.15, 0.2) is 0 Å². The Morgan fingerprint density at radius 1 is 0.900 bits per heavy atom. The van der Waals surface area contributed by atoms with Crippen molar-refractivity contribution >= 4 is 17.5 Å². The standard InChI is InChI=1S/C25H23FN2O2/c1-29-23-12-7-18(8-13-23)6-11-21-17-25(19-9-14-24(30-2)15-10-19)28(27-21)22-5-3-4-20(26)16-22/h3-16,25H,17H2,1-2H3/b11-6+/t25-/m1/s1. The van der Waals surface area contributed by atoms with E-state index in [-0.39, 0.29) is 11.9 Å². The summed E-state index contributed by atoms with van der Waals surface area (Å²) < 4.78 is 24.3. The Morgan fingerprint density at radius 2 is 1.57 bits per heavy atom.